The Morgan fingerprint density at radius 2 is 1.71 bits per heavy atom. The molecule has 0 aliphatic heterocycles. The lowest BCUT2D eigenvalue weighted by Crippen LogP contribution is -2.39. The number of rotatable bonds is 3. The maximum absolute atomic E-state index is 12.8. The molecule has 2 aromatic rings. The van der Waals surface area contributed by atoms with E-state index < -0.39 is 17.6 Å². The van der Waals surface area contributed by atoms with Gasteiger partial charge in [0.05, 0.1) is 5.02 Å². The summed E-state index contributed by atoms with van der Waals surface area (Å²) >= 11 is 11.9. The van der Waals surface area contributed by atoms with Crippen LogP contribution in [0.1, 0.15) is 34.7 Å². The first-order chi connectivity index (χ1) is 11.5. The number of carbonyl (C=O) groups is 3. The average Bonchev–Trinajstić information content (AvgIpc) is 2.55. The quantitative estimate of drug-likeness (QED) is 0.597. The lowest BCUT2D eigenvalue weighted by molar-refractivity contribution is -0.134. The van der Waals surface area contributed by atoms with Crippen LogP contribution in [0, 0.1) is 5.92 Å². The topological polar surface area (TPSA) is 51.2 Å². The fourth-order valence-electron chi connectivity index (χ4n) is 3.07. The SMILES string of the molecule is O=C1CC[C@H](c2ccccc2)C(=O)[C@H]1C(=O)c1ccc(Cl)cc1Cl. The highest BCUT2D eigenvalue weighted by molar-refractivity contribution is 6.38. The van der Waals surface area contributed by atoms with E-state index in [2.05, 4.69) is 0 Å². The third-order valence-electron chi connectivity index (χ3n) is 4.29. The summed E-state index contributed by atoms with van der Waals surface area (Å²) in [5, 5.41) is 0.537. The van der Waals surface area contributed by atoms with E-state index in [1.807, 2.05) is 30.3 Å². The van der Waals surface area contributed by atoms with Crippen molar-refractivity contribution in [3.63, 3.8) is 0 Å². The van der Waals surface area contributed by atoms with Crippen molar-refractivity contribution >= 4 is 40.6 Å². The number of carbonyl (C=O) groups excluding carboxylic acids is 3. The molecular formula is C19H14Cl2O3. The van der Waals surface area contributed by atoms with Gasteiger partial charge >= 0.3 is 0 Å². The Bertz CT molecular complexity index is 815. The fraction of sp³-hybridized carbons (Fsp3) is 0.211. The van der Waals surface area contributed by atoms with E-state index in [-0.39, 0.29) is 28.6 Å². The maximum atomic E-state index is 12.8. The monoisotopic (exact) mass is 360 g/mol. The number of ketones is 3. The summed E-state index contributed by atoms with van der Waals surface area (Å²) in [6, 6.07) is 13.6. The summed E-state index contributed by atoms with van der Waals surface area (Å²) in [7, 11) is 0. The zero-order chi connectivity index (χ0) is 17.3. The summed E-state index contributed by atoms with van der Waals surface area (Å²) < 4.78 is 0. The van der Waals surface area contributed by atoms with E-state index in [0.29, 0.717) is 11.4 Å². The van der Waals surface area contributed by atoms with E-state index in [1.165, 1.54) is 18.2 Å². The lowest BCUT2D eigenvalue weighted by Gasteiger charge is -2.26. The minimum absolute atomic E-state index is 0.148. The molecule has 2 aromatic carbocycles. The van der Waals surface area contributed by atoms with E-state index in [0.717, 1.165) is 5.56 Å². The third-order valence-corrected chi connectivity index (χ3v) is 4.84. The zero-order valence-corrected chi connectivity index (χ0v) is 14.2. The van der Waals surface area contributed by atoms with Gasteiger partial charge in [-0.3, -0.25) is 14.4 Å². The van der Waals surface area contributed by atoms with Gasteiger partial charge in [-0.2, -0.15) is 0 Å². The van der Waals surface area contributed by atoms with Gasteiger partial charge in [-0.25, -0.2) is 0 Å². The highest BCUT2D eigenvalue weighted by atomic mass is 35.5. The van der Waals surface area contributed by atoms with Gasteiger partial charge in [-0.15, -0.1) is 0 Å². The second-order valence-corrected chi connectivity index (χ2v) is 6.64. The summed E-state index contributed by atoms with van der Waals surface area (Å²) in [4.78, 5) is 37.8. The molecule has 2 atom stereocenters. The lowest BCUT2D eigenvalue weighted by atomic mass is 9.73. The molecule has 3 nitrogen and oxygen atoms in total. The van der Waals surface area contributed by atoms with Crippen molar-refractivity contribution in [2.45, 2.75) is 18.8 Å². The molecule has 1 fully saturated rings. The number of halogens is 2. The number of hydrogen-bond acceptors (Lipinski definition) is 3. The smallest absolute Gasteiger partial charge is 0.182 e. The Hall–Kier alpha value is -1.97. The number of hydrogen-bond donors (Lipinski definition) is 0. The van der Waals surface area contributed by atoms with E-state index in [1.54, 1.807) is 0 Å². The highest BCUT2D eigenvalue weighted by Crippen LogP contribution is 2.34. The van der Waals surface area contributed by atoms with Crippen LogP contribution in [0.15, 0.2) is 48.5 Å². The maximum Gasteiger partial charge on any atom is 0.182 e. The van der Waals surface area contributed by atoms with Crippen molar-refractivity contribution in [3.8, 4) is 0 Å². The van der Waals surface area contributed by atoms with Crippen LogP contribution in [0.5, 0.6) is 0 Å². The van der Waals surface area contributed by atoms with Crippen molar-refractivity contribution in [2.75, 3.05) is 0 Å². The molecule has 5 heteroatoms. The summed E-state index contributed by atoms with van der Waals surface area (Å²) in [5.41, 5.74) is 0.983. The first kappa shape index (κ1) is 16.9. The molecule has 0 unspecified atom stereocenters. The van der Waals surface area contributed by atoms with Crippen molar-refractivity contribution in [1.82, 2.24) is 0 Å². The number of benzene rings is 2. The van der Waals surface area contributed by atoms with Crippen molar-refractivity contribution in [2.24, 2.45) is 5.92 Å². The summed E-state index contributed by atoms with van der Waals surface area (Å²) in [6.07, 6.45) is 0.632. The van der Waals surface area contributed by atoms with Gasteiger partial charge in [0.15, 0.2) is 17.3 Å². The molecule has 3 rings (SSSR count). The van der Waals surface area contributed by atoms with Crippen molar-refractivity contribution in [3.05, 3.63) is 69.7 Å². The summed E-state index contributed by atoms with van der Waals surface area (Å²) in [6.45, 7) is 0. The zero-order valence-electron chi connectivity index (χ0n) is 12.7. The van der Waals surface area contributed by atoms with Crippen molar-refractivity contribution < 1.29 is 14.4 Å². The molecular weight excluding hydrogens is 347 g/mol. The van der Waals surface area contributed by atoms with Gasteiger partial charge < -0.3 is 0 Å². The molecule has 0 amide bonds. The Labute approximate surface area is 149 Å². The fourth-order valence-corrected chi connectivity index (χ4v) is 3.57. The molecule has 0 heterocycles. The molecule has 0 saturated heterocycles. The number of Topliss-reactive ketones (excluding diaryl/α,β-unsaturated/α-hetero) is 3. The van der Waals surface area contributed by atoms with E-state index in [4.69, 9.17) is 23.2 Å². The third kappa shape index (κ3) is 3.14. The molecule has 1 aliphatic rings. The van der Waals surface area contributed by atoms with Crippen molar-refractivity contribution in [1.29, 1.82) is 0 Å². The van der Waals surface area contributed by atoms with E-state index >= 15 is 0 Å². The van der Waals surface area contributed by atoms with Crippen LogP contribution in [-0.2, 0) is 9.59 Å². The normalized spacial score (nSPS) is 20.9. The van der Waals surface area contributed by atoms with Gasteiger partial charge in [-0.05, 0) is 30.2 Å². The molecule has 0 N–H and O–H groups in total. The van der Waals surface area contributed by atoms with Gasteiger partial charge in [0.25, 0.3) is 0 Å². The predicted octanol–water partition coefficient (Wildman–Crippen LogP) is 4.51. The second-order valence-electron chi connectivity index (χ2n) is 5.79. The molecule has 122 valence electrons. The molecule has 0 aromatic heterocycles. The second kappa shape index (κ2) is 6.88. The standard InChI is InChI=1S/C19H14Cl2O3/c20-12-6-7-14(15(21)10-12)19(24)17-16(22)9-8-13(18(17)23)11-4-2-1-3-5-11/h1-7,10,13,17H,8-9H2/t13-,17+/m1/s1. The molecule has 1 saturated carbocycles. The van der Waals surface area contributed by atoms with Gasteiger partial charge in [0.2, 0.25) is 0 Å². The Balaban J connectivity index is 1.94. The molecule has 0 spiro atoms. The van der Waals surface area contributed by atoms with Crippen LogP contribution in [0.25, 0.3) is 0 Å². The van der Waals surface area contributed by atoms with Crippen LogP contribution < -0.4 is 0 Å². The van der Waals surface area contributed by atoms with Crippen LogP contribution in [0.3, 0.4) is 0 Å². The van der Waals surface area contributed by atoms with Gasteiger partial charge in [-0.1, -0.05) is 53.5 Å². The van der Waals surface area contributed by atoms with Crippen LogP contribution >= 0.6 is 23.2 Å². The Morgan fingerprint density at radius 1 is 1.00 bits per heavy atom. The molecule has 0 bridgehead atoms. The van der Waals surface area contributed by atoms with Gasteiger partial charge in [0, 0.05) is 22.9 Å². The Morgan fingerprint density at radius 3 is 2.38 bits per heavy atom. The Kier molecular flexibility index (Phi) is 4.83. The van der Waals surface area contributed by atoms with Crippen LogP contribution in [0.4, 0.5) is 0 Å². The first-order valence-corrected chi connectivity index (χ1v) is 8.35. The minimum atomic E-state index is -1.29. The average molecular weight is 361 g/mol. The largest absolute Gasteiger partial charge is 0.298 e. The predicted molar refractivity (Wildman–Crippen MR) is 92.7 cm³/mol. The molecule has 24 heavy (non-hydrogen) atoms. The minimum Gasteiger partial charge on any atom is -0.298 e. The van der Waals surface area contributed by atoms with Gasteiger partial charge in [0.1, 0.15) is 5.92 Å². The summed E-state index contributed by atoms with van der Waals surface area (Å²) in [5.74, 6) is -2.98. The highest BCUT2D eigenvalue weighted by Gasteiger charge is 2.42. The van der Waals surface area contributed by atoms with Crippen LogP contribution in [0.2, 0.25) is 10.0 Å². The molecule has 1 aliphatic carbocycles. The molecule has 0 radical (unpaired) electrons. The van der Waals surface area contributed by atoms with E-state index in [9.17, 15) is 14.4 Å². The van der Waals surface area contributed by atoms with Crippen LogP contribution in [-0.4, -0.2) is 17.3 Å². The first-order valence-electron chi connectivity index (χ1n) is 7.59.